The van der Waals surface area contributed by atoms with Gasteiger partial charge in [0.1, 0.15) is 0 Å². The number of nitrogens with zero attached hydrogens (tertiary/aromatic N) is 4. The lowest BCUT2D eigenvalue weighted by molar-refractivity contribution is 0.661. The molecule has 0 radical (unpaired) electrons. The highest BCUT2D eigenvalue weighted by Gasteiger charge is 2.50. The molecule has 0 unspecified atom stereocenters. The monoisotopic (exact) mass is 968 g/mol. The molecular weight excluding hydrogens is 908 g/mol. The quantitative estimate of drug-likeness (QED) is 0.141. The first-order valence-corrected chi connectivity index (χ1v) is 26.5. The maximum absolute atomic E-state index is 2.66. The average Bonchev–Trinajstić information content (AvgIpc) is 3.67. The van der Waals surface area contributed by atoms with Gasteiger partial charge in [0.2, 0.25) is 0 Å². The highest BCUT2D eigenvalue weighted by atomic mass is 15.2. The summed E-state index contributed by atoms with van der Waals surface area (Å²) in [4.78, 5) is 10.2. The Labute approximate surface area is 443 Å². The molecule has 13 rings (SSSR count). The number of fused-ring (bicyclic) bond motifs is 8. The zero-order chi connectivity index (χ0) is 51.4. The molecule has 10 aromatic rings. The van der Waals surface area contributed by atoms with Gasteiger partial charge in [-0.15, -0.1) is 0 Å². The van der Waals surface area contributed by atoms with Crippen LogP contribution in [0.15, 0.2) is 206 Å². The molecule has 10 aromatic carbocycles. The van der Waals surface area contributed by atoms with E-state index in [0.717, 1.165) is 39.8 Å². The van der Waals surface area contributed by atoms with E-state index >= 15 is 0 Å². The molecule has 75 heavy (non-hydrogen) atoms. The Hall–Kier alpha value is -8.54. The third kappa shape index (κ3) is 7.50. The third-order valence-corrected chi connectivity index (χ3v) is 16.2. The van der Waals surface area contributed by atoms with Crippen molar-refractivity contribution in [3.63, 3.8) is 0 Å². The second-order valence-electron chi connectivity index (χ2n) is 22.0. The first-order chi connectivity index (χ1) is 36.3. The second kappa shape index (κ2) is 17.6. The van der Waals surface area contributed by atoms with Crippen LogP contribution in [0.2, 0.25) is 0 Å². The van der Waals surface area contributed by atoms with Crippen molar-refractivity contribution in [1.82, 2.24) is 0 Å². The molecule has 364 valence electrons. The van der Waals surface area contributed by atoms with Gasteiger partial charge < -0.3 is 19.6 Å². The van der Waals surface area contributed by atoms with E-state index in [9.17, 15) is 0 Å². The number of hydrogen-bond donors (Lipinski definition) is 0. The number of anilines is 12. The molecule has 1 aliphatic carbocycles. The van der Waals surface area contributed by atoms with Crippen molar-refractivity contribution >= 4 is 91.3 Å². The summed E-state index contributed by atoms with van der Waals surface area (Å²) >= 11 is 0. The molecular formula is C70H61BN4. The summed E-state index contributed by atoms with van der Waals surface area (Å²) in [7, 11) is 0. The molecule has 0 aromatic heterocycles. The molecule has 0 N–H and O–H groups in total. The summed E-state index contributed by atoms with van der Waals surface area (Å²) in [5, 5.41) is 0. The van der Waals surface area contributed by atoms with Gasteiger partial charge in [-0.1, -0.05) is 162 Å². The SMILES string of the molecule is Cc1ccc(N(c2ccc(C)cc2)c2cc3c4c(c2)N(c2ccc(C)cc2)c2c(cc(N(c5ccc(C)cc5)c5ccc(C)cc5)c5c2C(C)(C)c2ccccc2-5)B4c2cc(C)ccc2N3c2ccc(C)cc2)cc1. The molecule has 0 bridgehead atoms. The number of rotatable bonds is 8. The van der Waals surface area contributed by atoms with E-state index in [4.69, 9.17) is 0 Å². The summed E-state index contributed by atoms with van der Waals surface area (Å²) < 4.78 is 0. The zero-order valence-corrected chi connectivity index (χ0v) is 44.5. The lowest BCUT2D eigenvalue weighted by Crippen LogP contribution is -2.62. The molecule has 0 atom stereocenters. The van der Waals surface area contributed by atoms with Gasteiger partial charge in [0.05, 0.1) is 11.4 Å². The minimum Gasteiger partial charge on any atom is -0.311 e. The van der Waals surface area contributed by atoms with Crippen molar-refractivity contribution in [2.75, 3.05) is 19.6 Å². The van der Waals surface area contributed by atoms with Crippen molar-refractivity contribution in [2.24, 2.45) is 0 Å². The first-order valence-electron chi connectivity index (χ1n) is 26.5. The van der Waals surface area contributed by atoms with Crippen molar-refractivity contribution in [2.45, 2.75) is 67.7 Å². The van der Waals surface area contributed by atoms with E-state index in [2.05, 4.69) is 288 Å². The summed E-state index contributed by atoms with van der Waals surface area (Å²) in [6, 6.07) is 78.5. The number of benzene rings is 10. The number of hydrogen-bond acceptors (Lipinski definition) is 4. The van der Waals surface area contributed by atoms with Crippen LogP contribution in [-0.2, 0) is 5.41 Å². The fourth-order valence-electron chi connectivity index (χ4n) is 12.4. The van der Waals surface area contributed by atoms with Crippen LogP contribution < -0.4 is 36.0 Å². The molecule has 3 aliphatic rings. The average molecular weight is 969 g/mol. The van der Waals surface area contributed by atoms with E-state index in [1.165, 1.54) is 106 Å². The third-order valence-electron chi connectivity index (χ3n) is 16.2. The van der Waals surface area contributed by atoms with Gasteiger partial charge in [-0.3, -0.25) is 0 Å². The van der Waals surface area contributed by atoms with Crippen LogP contribution in [0, 0.1) is 48.5 Å². The van der Waals surface area contributed by atoms with Crippen LogP contribution in [0.5, 0.6) is 0 Å². The molecule has 4 nitrogen and oxygen atoms in total. The second-order valence-corrected chi connectivity index (χ2v) is 22.0. The van der Waals surface area contributed by atoms with Gasteiger partial charge in [-0.25, -0.2) is 0 Å². The topological polar surface area (TPSA) is 13.0 Å². The normalized spacial score (nSPS) is 13.4. The Morgan fingerprint density at radius 2 is 0.800 bits per heavy atom. The maximum Gasteiger partial charge on any atom is 0.252 e. The van der Waals surface area contributed by atoms with Crippen molar-refractivity contribution in [3.05, 3.63) is 256 Å². The molecule has 0 saturated carbocycles. The Morgan fingerprint density at radius 3 is 1.31 bits per heavy atom. The maximum atomic E-state index is 2.66. The van der Waals surface area contributed by atoms with Crippen molar-refractivity contribution < 1.29 is 0 Å². The molecule has 0 spiro atoms. The van der Waals surface area contributed by atoms with Gasteiger partial charge in [0, 0.05) is 67.9 Å². The minimum atomic E-state index is -0.396. The highest BCUT2D eigenvalue weighted by molar-refractivity contribution is 7.00. The number of aryl methyl sites for hydroxylation is 7. The van der Waals surface area contributed by atoms with Gasteiger partial charge in [-0.05, 0) is 179 Å². The smallest absolute Gasteiger partial charge is 0.252 e. The minimum absolute atomic E-state index is 0.133. The van der Waals surface area contributed by atoms with Crippen LogP contribution in [0.4, 0.5) is 68.2 Å². The molecule has 0 fully saturated rings. The van der Waals surface area contributed by atoms with Gasteiger partial charge in [0.25, 0.3) is 6.71 Å². The zero-order valence-electron chi connectivity index (χ0n) is 44.5. The van der Waals surface area contributed by atoms with E-state index in [-0.39, 0.29) is 6.71 Å². The molecule has 5 heteroatoms. The van der Waals surface area contributed by atoms with Gasteiger partial charge >= 0.3 is 0 Å². The highest BCUT2D eigenvalue weighted by Crippen LogP contribution is 2.60. The Morgan fingerprint density at radius 1 is 0.373 bits per heavy atom. The first kappa shape index (κ1) is 46.3. The summed E-state index contributed by atoms with van der Waals surface area (Å²) in [5.41, 5.74) is 31.1. The lowest BCUT2D eigenvalue weighted by atomic mass is 9.33. The summed E-state index contributed by atoms with van der Waals surface area (Å²) in [5.74, 6) is 0. The predicted octanol–water partition coefficient (Wildman–Crippen LogP) is 17.2. The van der Waals surface area contributed by atoms with Crippen LogP contribution in [0.25, 0.3) is 11.1 Å². The standard InChI is InChI=1S/C70H61BN4/c1-44-14-27-51(28-15-44)72(52-29-16-45(2)17-30-52)57-41-64-68-65(42-57)75(56-37-24-49(6)25-38-56)69-61(71(68)60-40-50(7)26-39-62(60)74(64)55-35-22-48(5)23-36-55)43-63(66-58-12-10-11-13-59(58)70(8,9)67(66)69)73(53-31-18-46(3)19-32-53)54-33-20-47(4)21-34-54/h10-43H,1-9H3. The van der Waals surface area contributed by atoms with E-state index < -0.39 is 5.41 Å². The van der Waals surface area contributed by atoms with Crippen LogP contribution in [-0.4, -0.2) is 6.71 Å². The van der Waals surface area contributed by atoms with Crippen molar-refractivity contribution in [1.29, 1.82) is 0 Å². The summed E-state index contributed by atoms with van der Waals surface area (Å²) in [6.07, 6.45) is 0. The molecule has 0 saturated heterocycles. The van der Waals surface area contributed by atoms with Crippen LogP contribution >= 0.6 is 0 Å². The lowest BCUT2D eigenvalue weighted by Gasteiger charge is -2.47. The van der Waals surface area contributed by atoms with Crippen LogP contribution in [0.3, 0.4) is 0 Å². The van der Waals surface area contributed by atoms with E-state index in [1.807, 2.05) is 0 Å². The fourth-order valence-corrected chi connectivity index (χ4v) is 12.4. The molecule has 0 amide bonds. The van der Waals surface area contributed by atoms with E-state index in [0.29, 0.717) is 0 Å². The van der Waals surface area contributed by atoms with Crippen molar-refractivity contribution in [3.8, 4) is 11.1 Å². The van der Waals surface area contributed by atoms with Gasteiger partial charge in [-0.2, -0.15) is 0 Å². The Bertz CT molecular complexity index is 3770. The van der Waals surface area contributed by atoms with Crippen LogP contribution in [0.1, 0.15) is 63.9 Å². The Balaban J connectivity index is 1.21. The fraction of sp³-hybridized carbons (Fsp3) is 0.143. The Kier molecular flexibility index (Phi) is 10.8. The van der Waals surface area contributed by atoms with E-state index in [1.54, 1.807) is 0 Å². The van der Waals surface area contributed by atoms with Gasteiger partial charge in [0.15, 0.2) is 0 Å². The molecule has 2 aliphatic heterocycles. The predicted molar refractivity (Wildman–Crippen MR) is 321 cm³/mol. The largest absolute Gasteiger partial charge is 0.311 e. The summed E-state index contributed by atoms with van der Waals surface area (Å²) in [6.45, 7) is 20.1. The molecule has 2 heterocycles.